The van der Waals surface area contributed by atoms with Crippen LogP contribution < -0.4 is 15.4 Å². The summed E-state index contributed by atoms with van der Waals surface area (Å²) in [5.74, 6) is -0.0477. The molecule has 0 unspecified atom stereocenters. The Hall–Kier alpha value is -2.24. The van der Waals surface area contributed by atoms with Crippen LogP contribution in [0.15, 0.2) is 18.2 Å². The van der Waals surface area contributed by atoms with Crippen molar-refractivity contribution in [3.8, 4) is 5.75 Å². The maximum atomic E-state index is 11.8. The van der Waals surface area contributed by atoms with Gasteiger partial charge in [-0.2, -0.15) is 0 Å². The summed E-state index contributed by atoms with van der Waals surface area (Å²) < 4.78 is 4.98. The molecule has 1 aromatic rings. The van der Waals surface area contributed by atoms with E-state index in [9.17, 15) is 9.59 Å². The smallest absolute Gasteiger partial charge is 0.337 e. The summed E-state index contributed by atoms with van der Waals surface area (Å²) in [5.41, 5.74) is 0.254. The van der Waals surface area contributed by atoms with E-state index in [1.54, 1.807) is 6.07 Å². The molecule has 108 valence electrons. The number of carboxylic acid groups (broad SMARTS) is 1. The number of carbonyl (C=O) groups is 2. The van der Waals surface area contributed by atoms with Crippen molar-refractivity contribution in [1.29, 1.82) is 0 Å². The van der Waals surface area contributed by atoms with Crippen molar-refractivity contribution in [2.24, 2.45) is 5.92 Å². The number of ether oxygens (including phenoxy) is 1. The van der Waals surface area contributed by atoms with E-state index >= 15 is 0 Å². The highest BCUT2D eigenvalue weighted by Gasteiger charge is 2.26. The molecule has 0 radical (unpaired) electrons. The van der Waals surface area contributed by atoms with E-state index in [4.69, 9.17) is 9.84 Å². The number of nitrogens with one attached hydrogen (secondary N) is 2. The third-order valence-electron chi connectivity index (χ3n) is 3.41. The van der Waals surface area contributed by atoms with Gasteiger partial charge in [-0.25, -0.2) is 9.59 Å². The average Bonchev–Trinajstić information content (AvgIpc) is 2.37. The SMILES string of the molecule is COc1ccc(NC(=O)NC2CC(C)C2)c(C(=O)O)c1. The molecule has 20 heavy (non-hydrogen) atoms. The fourth-order valence-electron chi connectivity index (χ4n) is 2.30. The van der Waals surface area contributed by atoms with Crippen LogP contribution in [0, 0.1) is 5.92 Å². The number of amides is 2. The zero-order valence-corrected chi connectivity index (χ0v) is 11.5. The number of urea groups is 1. The maximum Gasteiger partial charge on any atom is 0.337 e. The summed E-state index contributed by atoms with van der Waals surface area (Å²) in [4.78, 5) is 23.0. The molecule has 6 nitrogen and oxygen atoms in total. The van der Waals surface area contributed by atoms with Crippen molar-refractivity contribution in [2.75, 3.05) is 12.4 Å². The lowest BCUT2D eigenvalue weighted by molar-refractivity contribution is 0.0697. The van der Waals surface area contributed by atoms with Gasteiger partial charge < -0.3 is 20.5 Å². The molecule has 6 heteroatoms. The Balaban J connectivity index is 2.04. The van der Waals surface area contributed by atoms with Gasteiger partial charge in [0, 0.05) is 6.04 Å². The Morgan fingerprint density at radius 1 is 1.35 bits per heavy atom. The Kier molecular flexibility index (Phi) is 4.12. The van der Waals surface area contributed by atoms with Crippen LogP contribution >= 0.6 is 0 Å². The van der Waals surface area contributed by atoms with Crippen LogP contribution in [0.2, 0.25) is 0 Å². The number of anilines is 1. The predicted octanol–water partition coefficient (Wildman–Crippen LogP) is 2.31. The zero-order chi connectivity index (χ0) is 14.7. The highest BCUT2D eigenvalue weighted by Crippen LogP contribution is 2.26. The van der Waals surface area contributed by atoms with Crippen molar-refractivity contribution in [2.45, 2.75) is 25.8 Å². The second kappa shape index (κ2) is 5.81. The average molecular weight is 278 g/mol. The van der Waals surface area contributed by atoms with Crippen molar-refractivity contribution >= 4 is 17.7 Å². The minimum atomic E-state index is -1.11. The molecule has 2 amide bonds. The van der Waals surface area contributed by atoms with E-state index in [1.165, 1.54) is 19.2 Å². The first-order chi connectivity index (χ1) is 9.49. The van der Waals surface area contributed by atoms with Gasteiger partial charge in [-0.15, -0.1) is 0 Å². The van der Waals surface area contributed by atoms with Gasteiger partial charge in [-0.3, -0.25) is 0 Å². The quantitative estimate of drug-likeness (QED) is 0.788. The molecule has 1 aromatic carbocycles. The number of hydrogen-bond acceptors (Lipinski definition) is 3. The fourth-order valence-corrected chi connectivity index (χ4v) is 2.30. The molecular formula is C14H18N2O4. The molecule has 1 fully saturated rings. The second-order valence-electron chi connectivity index (χ2n) is 5.09. The molecule has 0 aliphatic heterocycles. The lowest BCUT2D eigenvalue weighted by Gasteiger charge is -2.33. The first kappa shape index (κ1) is 14.2. The third kappa shape index (κ3) is 3.20. The summed E-state index contributed by atoms with van der Waals surface area (Å²) >= 11 is 0. The molecule has 0 aromatic heterocycles. The van der Waals surface area contributed by atoms with Crippen LogP contribution in [-0.2, 0) is 0 Å². The molecule has 0 saturated heterocycles. The van der Waals surface area contributed by atoms with Gasteiger partial charge in [0.15, 0.2) is 0 Å². The van der Waals surface area contributed by atoms with E-state index in [0.717, 1.165) is 12.8 Å². The molecule has 2 rings (SSSR count). The standard InChI is InChI=1S/C14H18N2O4/c1-8-5-9(6-8)15-14(19)16-12-4-3-10(20-2)7-11(12)13(17)18/h3-4,7-9H,5-6H2,1-2H3,(H,17,18)(H2,15,16,19). The second-order valence-corrected chi connectivity index (χ2v) is 5.09. The molecule has 0 bridgehead atoms. The van der Waals surface area contributed by atoms with E-state index in [2.05, 4.69) is 17.6 Å². The normalized spacial score (nSPS) is 20.7. The Labute approximate surface area is 117 Å². The Morgan fingerprint density at radius 3 is 2.60 bits per heavy atom. The number of carbonyl (C=O) groups excluding carboxylic acids is 1. The van der Waals surface area contributed by atoms with Gasteiger partial charge in [0.2, 0.25) is 0 Å². The van der Waals surface area contributed by atoms with Crippen molar-refractivity contribution in [3.63, 3.8) is 0 Å². The molecule has 0 spiro atoms. The lowest BCUT2D eigenvalue weighted by atomic mass is 9.82. The maximum absolute atomic E-state index is 11.8. The van der Waals surface area contributed by atoms with Crippen LogP contribution in [0.25, 0.3) is 0 Å². The van der Waals surface area contributed by atoms with Gasteiger partial charge in [0.25, 0.3) is 0 Å². The van der Waals surface area contributed by atoms with Gasteiger partial charge in [-0.05, 0) is 37.0 Å². The van der Waals surface area contributed by atoms with E-state index in [-0.39, 0.29) is 23.3 Å². The van der Waals surface area contributed by atoms with E-state index < -0.39 is 5.97 Å². The molecular weight excluding hydrogens is 260 g/mol. The fraction of sp³-hybridized carbons (Fsp3) is 0.429. The summed E-state index contributed by atoms with van der Waals surface area (Å²) in [6.45, 7) is 2.13. The number of aromatic carboxylic acids is 1. The van der Waals surface area contributed by atoms with E-state index in [1.807, 2.05) is 0 Å². The molecule has 1 aliphatic carbocycles. The van der Waals surface area contributed by atoms with Gasteiger partial charge >= 0.3 is 12.0 Å². The van der Waals surface area contributed by atoms with Crippen LogP contribution in [-0.4, -0.2) is 30.3 Å². The van der Waals surface area contributed by atoms with Crippen LogP contribution in [0.1, 0.15) is 30.1 Å². The Bertz CT molecular complexity index is 524. The first-order valence-electron chi connectivity index (χ1n) is 6.48. The summed E-state index contributed by atoms with van der Waals surface area (Å²) in [5, 5.41) is 14.5. The van der Waals surface area contributed by atoms with Crippen molar-refractivity contribution in [1.82, 2.24) is 5.32 Å². The van der Waals surface area contributed by atoms with Crippen molar-refractivity contribution in [3.05, 3.63) is 23.8 Å². The number of benzene rings is 1. The van der Waals surface area contributed by atoms with Crippen molar-refractivity contribution < 1.29 is 19.4 Å². The monoisotopic (exact) mass is 278 g/mol. The lowest BCUT2D eigenvalue weighted by Crippen LogP contribution is -2.45. The Morgan fingerprint density at radius 2 is 2.05 bits per heavy atom. The number of hydrogen-bond donors (Lipinski definition) is 3. The molecule has 0 heterocycles. The summed E-state index contributed by atoms with van der Waals surface area (Å²) in [6, 6.07) is 4.30. The first-order valence-corrected chi connectivity index (χ1v) is 6.48. The molecule has 0 atom stereocenters. The van der Waals surface area contributed by atoms with Crippen LogP contribution in [0.5, 0.6) is 5.75 Å². The zero-order valence-electron chi connectivity index (χ0n) is 11.5. The number of carboxylic acids is 1. The number of methoxy groups -OCH3 is 1. The van der Waals surface area contributed by atoms with Gasteiger partial charge in [-0.1, -0.05) is 6.92 Å². The molecule has 1 aliphatic rings. The van der Waals surface area contributed by atoms with E-state index in [0.29, 0.717) is 11.7 Å². The highest BCUT2D eigenvalue weighted by atomic mass is 16.5. The predicted molar refractivity (Wildman–Crippen MR) is 74.3 cm³/mol. The van der Waals surface area contributed by atoms with Crippen LogP contribution in [0.4, 0.5) is 10.5 Å². The van der Waals surface area contributed by atoms with Gasteiger partial charge in [0.1, 0.15) is 5.75 Å². The largest absolute Gasteiger partial charge is 0.497 e. The minimum absolute atomic E-state index is 0.00137. The summed E-state index contributed by atoms with van der Waals surface area (Å²) in [6.07, 6.45) is 1.92. The minimum Gasteiger partial charge on any atom is -0.497 e. The molecule has 1 saturated carbocycles. The van der Waals surface area contributed by atoms with Gasteiger partial charge in [0.05, 0.1) is 18.4 Å². The third-order valence-corrected chi connectivity index (χ3v) is 3.41. The molecule has 3 N–H and O–H groups in total. The number of rotatable bonds is 4. The summed E-state index contributed by atoms with van der Waals surface area (Å²) in [7, 11) is 1.46. The highest BCUT2D eigenvalue weighted by molar-refractivity contribution is 6.00. The van der Waals surface area contributed by atoms with Crippen LogP contribution in [0.3, 0.4) is 0 Å². The topological polar surface area (TPSA) is 87.7 Å².